The Hall–Kier alpha value is -1.67. The Morgan fingerprint density at radius 2 is 1.38 bits per heavy atom. The van der Waals surface area contributed by atoms with Gasteiger partial charge in [-0.3, -0.25) is 4.55 Å². The van der Waals surface area contributed by atoms with Crippen molar-refractivity contribution in [1.29, 1.82) is 0 Å². The molecule has 0 aliphatic carbocycles. The average Bonchev–Trinajstić information content (AvgIpc) is 2.61. The van der Waals surface area contributed by atoms with Crippen LogP contribution in [0.15, 0.2) is 54.6 Å². The van der Waals surface area contributed by atoms with E-state index in [0.29, 0.717) is 5.02 Å². The van der Waals surface area contributed by atoms with Crippen LogP contribution in [0.4, 0.5) is 0 Å². The van der Waals surface area contributed by atoms with Crippen LogP contribution in [0.3, 0.4) is 0 Å². The zero-order chi connectivity index (χ0) is 21.6. The van der Waals surface area contributed by atoms with Gasteiger partial charge in [-0.1, -0.05) is 64.6 Å². The Balaban J connectivity index is 2.58. The molecule has 10 heteroatoms. The van der Waals surface area contributed by atoms with Crippen LogP contribution in [0.5, 0.6) is 11.5 Å². The van der Waals surface area contributed by atoms with E-state index in [9.17, 15) is 23.2 Å². The van der Waals surface area contributed by atoms with Gasteiger partial charge in [-0.25, -0.2) is 0 Å². The summed E-state index contributed by atoms with van der Waals surface area (Å²) in [5.41, 5.74) is -0.417. The lowest BCUT2D eigenvalue weighted by Crippen LogP contribution is -2.38. The molecule has 0 fully saturated rings. The minimum absolute atomic E-state index is 0.00142. The quantitative estimate of drug-likeness (QED) is 0.311. The topological polar surface area (TPSA) is 94.8 Å². The van der Waals surface area contributed by atoms with E-state index in [1.54, 1.807) is 0 Å². The van der Waals surface area contributed by atoms with Crippen LogP contribution in [0, 0.1) is 0 Å². The van der Waals surface area contributed by atoms with E-state index in [4.69, 9.17) is 46.4 Å². The van der Waals surface area contributed by atoms with Gasteiger partial charge in [0, 0.05) is 15.6 Å². The summed E-state index contributed by atoms with van der Waals surface area (Å²) in [6.07, 6.45) is 0. The molecule has 3 aromatic carbocycles. The predicted octanol–water partition coefficient (Wildman–Crippen LogP) is 5.89. The molecule has 1 unspecified atom stereocenters. The van der Waals surface area contributed by atoms with Crippen molar-refractivity contribution in [2.24, 2.45) is 0 Å². The number of halogens is 4. The molecule has 29 heavy (non-hydrogen) atoms. The van der Waals surface area contributed by atoms with Crippen LogP contribution in [-0.4, -0.2) is 23.2 Å². The Labute approximate surface area is 186 Å². The van der Waals surface area contributed by atoms with Gasteiger partial charge in [-0.15, -0.1) is 0 Å². The summed E-state index contributed by atoms with van der Waals surface area (Å²) < 4.78 is 33.9. The van der Waals surface area contributed by atoms with Gasteiger partial charge in [0.1, 0.15) is 16.5 Å². The summed E-state index contributed by atoms with van der Waals surface area (Å²) in [6.45, 7) is 0. The van der Waals surface area contributed by atoms with Crippen molar-refractivity contribution in [1.82, 2.24) is 0 Å². The van der Waals surface area contributed by atoms with Crippen LogP contribution in [0.25, 0.3) is 0 Å². The number of benzene rings is 3. The molecule has 5 nitrogen and oxygen atoms in total. The third-order valence-electron chi connectivity index (χ3n) is 4.38. The summed E-state index contributed by atoms with van der Waals surface area (Å²) in [7, 11) is -5.06. The summed E-state index contributed by atoms with van der Waals surface area (Å²) in [6, 6.07) is 11.6. The first kappa shape index (κ1) is 22.0. The number of phenols is 2. The van der Waals surface area contributed by atoms with E-state index in [-0.39, 0.29) is 37.5 Å². The first-order valence-electron chi connectivity index (χ1n) is 7.89. The number of aromatic hydroxyl groups is 2. The highest BCUT2D eigenvalue weighted by Crippen LogP contribution is 2.50. The van der Waals surface area contributed by atoms with Gasteiger partial charge < -0.3 is 10.2 Å². The molecule has 0 bridgehead atoms. The largest absolute Gasteiger partial charge is 0.508 e. The smallest absolute Gasteiger partial charge is 0.283 e. The molecule has 0 aliphatic heterocycles. The number of rotatable bonds is 4. The van der Waals surface area contributed by atoms with Crippen LogP contribution >= 0.6 is 46.4 Å². The molecule has 0 radical (unpaired) electrons. The van der Waals surface area contributed by atoms with Gasteiger partial charge in [0.25, 0.3) is 10.1 Å². The molecule has 1 atom stereocenters. The van der Waals surface area contributed by atoms with Gasteiger partial charge >= 0.3 is 0 Å². The molecule has 0 aromatic heterocycles. The van der Waals surface area contributed by atoms with E-state index in [1.165, 1.54) is 48.5 Å². The molecule has 0 aliphatic rings. The minimum Gasteiger partial charge on any atom is -0.508 e. The Bertz CT molecular complexity index is 1180. The van der Waals surface area contributed by atoms with Crippen molar-refractivity contribution in [3.05, 3.63) is 91.4 Å². The molecule has 3 N–H and O–H groups in total. The lowest BCUT2D eigenvalue weighted by atomic mass is 9.83. The van der Waals surface area contributed by atoms with Gasteiger partial charge in [0.15, 0.2) is 4.75 Å². The fourth-order valence-electron chi connectivity index (χ4n) is 3.20. The second kappa shape index (κ2) is 7.87. The van der Waals surface area contributed by atoms with Crippen molar-refractivity contribution in [3.63, 3.8) is 0 Å². The highest BCUT2D eigenvalue weighted by atomic mass is 35.5. The van der Waals surface area contributed by atoms with Crippen LogP contribution in [-0.2, 0) is 14.9 Å². The molecule has 152 valence electrons. The van der Waals surface area contributed by atoms with E-state index < -0.39 is 20.6 Å². The van der Waals surface area contributed by atoms with Gasteiger partial charge in [-0.2, -0.15) is 8.42 Å². The lowest BCUT2D eigenvalue weighted by Gasteiger charge is -2.33. The molecule has 0 saturated heterocycles. The van der Waals surface area contributed by atoms with E-state index in [0.717, 1.165) is 6.07 Å². The van der Waals surface area contributed by atoms with Crippen molar-refractivity contribution in [2.45, 2.75) is 4.75 Å². The third-order valence-corrected chi connectivity index (χ3v) is 7.10. The van der Waals surface area contributed by atoms with Gasteiger partial charge in [-0.05, 0) is 47.5 Å². The molecule has 3 rings (SSSR count). The fourth-order valence-corrected chi connectivity index (χ4v) is 5.17. The zero-order valence-electron chi connectivity index (χ0n) is 14.3. The Kier molecular flexibility index (Phi) is 5.98. The van der Waals surface area contributed by atoms with Crippen molar-refractivity contribution in [3.8, 4) is 11.5 Å². The third kappa shape index (κ3) is 3.77. The molecule has 0 heterocycles. The second-order valence-electron chi connectivity index (χ2n) is 6.12. The van der Waals surface area contributed by atoms with Crippen molar-refractivity contribution in [2.75, 3.05) is 0 Å². The maximum absolute atomic E-state index is 12.9. The molecule has 3 aromatic rings. The number of phenolic OH excluding ortho intramolecular Hbond substituents is 2. The van der Waals surface area contributed by atoms with Crippen molar-refractivity contribution < 1.29 is 23.2 Å². The maximum Gasteiger partial charge on any atom is 0.283 e. The van der Waals surface area contributed by atoms with Gasteiger partial charge in [0.2, 0.25) is 0 Å². The van der Waals surface area contributed by atoms with Crippen molar-refractivity contribution >= 4 is 56.5 Å². The zero-order valence-corrected chi connectivity index (χ0v) is 18.1. The van der Waals surface area contributed by atoms with E-state index in [1.807, 2.05) is 0 Å². The fraction of sp³-hybridized carbons (Fsp3) is 0.0526. The summed E-state index contributed by atoms with van der Waals surface area (Å²) >= 11 is 23.9. The predicted molar refractivity (Wildman–Crippen MR) is 114 cm³/mol. The standard InChI is InChI=1S/C19H12Cl4O5S/c20-12-3-1-10(2-4-12)19(29(26,27)28,11-7-13(21)9-14(24)8-11)15-5-6-16(22)17(23)18(15)25/h1-9,24-25H,(H,26,27,28). The molecule has 0 saturated carbocycles. The van der Waals surface area contributed by atoms with Crippen LogP contribution in [0.1, 0.15) is 16.7 Å². The normalized spacial score (nSPS) is 13.8. The van der Waals surface area contributed by atoms with Crippen LogP contribution in [0.2, 0.25) is 20.1 Å². The number of hydrogen-bond acceptors (Lipinski definition) is 4. The first-order valence-corrected chi connectivity index (χ1v) is 10.8. The monoisotopic (exact) mass is 492 g/mol. The summed E-state index contributed by atoms with van der Waals surface area (Å²) in [4.78, 5) is 0. The van der Waals surface area contributed by atoms with E-state index >= 15 is 0 Å². The minimum atomic E-state index is -5.06. The summed E-state index contributed by atoms with van der Waals surface area (Å²) in [5, 5.41) is 20.7. The maximum atomic E-state index is 12.9. The lowest BCUT2D eigenvalue weighted by molar-refractivity contribution is 0.439. The Morgan fingerprint density at radius 1 is 0.759 bits per heavy atom. The molecule has 0 spiro atoms. The summed E-state index contributed by atoms with van der Waals surface area (Å²) in [5.74, 6) is -1.01. The second-order valence-corrected chi connectivity index (χ2v) is 9.34. The average molecular weight is 494 g/mol. The van der Waals surface area contributed by atoms with E-state index in [2.05, 4.69) is 0 Å². The SMILES string of the molecule is O=S(=O)(O)C(c1ccc(Cl)cc1)(c1cc(O)cc(Cl)c1)c1ccc(Cl)c(Cl)c1O. The number of hydrogen-bond donors (Lipinski definition) is 3. The molecular weight excluding hydrogens is 482 g/mol. The highest BCUT2D eigenvalue weighted by molar-refractivity contribution is 7.87. The Morgan fingerprint density at radius 3 is 1.93 bits per heavy atom. The van der Waals surface area contributed by atoms with Gasteiger partial charge in [0.05, 0.1) is 5.02 Å². The molecule has 0 amide bonds. The first-order chi connectivity index (χ1) is 13.5. The molecular formula is C19H12Cl4O5S. The van der Waals surface area contributed by atoms with Crippen LogP contribution < -0.4 is 0 Å². The highest BCUT2D eigenvalue weighted by Gasteiger charge is 2.50.